The molecular formula is C14H19N3O4S2. The van der Waals surface area contributed by atoms with Gasteiger partial charge in [0.25, 0.3) is 0 Å². The molecule has 1 atom stereocenters. The predicted octanol–water partition coefficient (Wildman–Crippen LogP) is 0.579. The Morgan fingerprint density at radius 3 is 2.91 bits per heavy atom. The normalized spacial score (nSPS) is 21.0. The molecule has 23 heavy (non-hydrogen) atoms. The molecule has 0 spiro atoms. The third kappa shape index (κ3) is 4.10. The zero-order valence-electron chi connectivity index (χ0n) is 12.6. The topological polar surface area (TPSA) is 97.6 Å². The van der Waals surface area contributed by atoms with Gasteiger partial charge in [0, 0.05) is 18.9 Å². The molecule has 9 heteroatoms. The first-order valence-corrected chi connectivity index (χ1v) is 10.9. The Labute approximate surface area is 135 Å². The third-order valence-corrected chi connectivity index (χ3v) is 7.32. The average Bonchev–Trinajstić information content (AvgIpc) is 3.09. The summed E-state index contributed by atoms with van der Waals surface area (Å²) >= 11 is 0. The van der Waals surface area contributed by atoms with E-state index in [9.17, 15) is 16.8 Å². The Morgan fingerprint density at radius 2 is 2.17 bits per heavy atom. The van der Waals surface area contributed by atoms with Crippen molar-refractivity contribution in [1.82, 2.24) is 14.3 Å². The Kier molecular flexibility index (Phi) is 4.43. The first-order chi connectivity index (χ1) is 10.8. The Morgan fingerprint density at radius 1 is 1.35 bits per heavy atom. The molecule has 1 aliphatic rings. The van der Waals surface area contributed by atoms with Gasteiger partial charge in [0.15, 0.2) is 9.84 Å². The third-order valence-electron chi connectivity index (χ3n) is 4.13. The molecule has 1 saturated heterocycles. The van der Waals surface area contributed by atoms with Crippen molar-refractivity contribution in [1.29, 1.82) is 0 Å². The van der Waals surface area contributed by atoms with Crippen molar-refractivity contribution in [2.24, 2.45) is 5.92 Å². The maximum Gasteiger partial charge on any atom is 0.211 e. The summed E-state index contributed by atoms with van der Waals surface area (Å²) in [7, 11) is -6.39. The Bertz CT molecular complexity index is 903. The monoisotopic (exact) mass is 357 g/mol. The minimum Gasteiger partial charge on any atom is -0.241 e. The first-order valence-electron chi connectivity index (χ1n) is 7.44. The first kappa shape index (κ1) is 16.4. The van der Waals surface area contributed by atoms with Gasteiger partial charge in [-0.3, -0.25) is 0 Å². The van der Waals surface area contributed by atoms with Crippen molar-refractivity contribution in [3.8, 4) is 0 Å². The number of sulfonamides is 1. The molecule has 1 fully saturated rings. The fourth-order valence-electron chi connectivity index (χ4n) is 2.84. The van der Waals surface area contributed by atoms with Crippen LogP contribution in [0.4, 0.5) is 0 Å². The lowest BCUT2D eigenvalue weighted by Crippen LogP contribution is -2.27. The molecule has 126 valence electrons. The lowest BCUT2D eigenvalue weighted by Gasteiger charge is -2.10. The number of sulfone groups is 1. The molecule has 0 saturated carbocycles. The quantitative estimate of drug-likeness (QED) is 0.815. The number of hydrogen-bond acceptors (Lipinski definition) is 5. The molecule has 1 unspecified atom stereocenters. The predicted molar refractivity (Wildman–Crippen MR) is 87.2 cm³/mol. The summed E-state index contributed by atoms with van der Waals surface area (Å²) in [6, 6.07) is 5.49. The van der Waals surface area contributed by atoms with Crippen molar-refractivity contribution in [2.75, 3.05) is 17.3 Å². The standard InChI is InChI=1S/C14H19N3O4S2/c18-22(19)8-4-12(11-22)5-9-23(20,21)16-10-13-2-1-7-17-14(13)3-6-15-17/h1-3,6-7,12,16H,4-5,8-11H2. The van der Waals surface area contributed by atoms with E-state index < -0.39 is 19.9 Å². The molecule has 1 N–H and O–H groups in total. The molecular weight excluding hydrogens is 338 g/mol. The molecule has 2 aromatic rings. The Balaban J connectivity index is 1.58. The van der Waals surface area contributed by atoms with E-state index in [-0.39, 0.29) is 29.7 Å². The summed E-state index contributed by atoms with van der Waals surface area (Å²) in [5.74, 6) is 0.191. The molecule has 1 aliphatic heterocycles. The zero-order chi connectivity index (χ0) is 16.5. The molecule has 0 radical (unpaired) electrons. The highest BCUT2D eigenvalue weighted by atomic mass is 32.2. The number of aromatic nitrogens is 2. The van der Waals surface area contributed by atoms with Gasteiger partial charge in [-0.25, -0.2) is 26.1 Å². The maximum absolute atomic E-state index is 12.1. The van der Waals surface area contributed by atoms with Gasteiger partial charge in [0.2, 0.25) is 10.0 Å². The van der Waals surface area contributed by atoms with Crippen LogP contribution in [0.1, 0.15) is 18.4 Å². The molecule has 0 amide bonds. The zero-order valence-corrected chi connectivity index (χ0v) is 14.2. The number of rotatable bonds is 6. The number of nitrogens with one attached hydrogen (secondary N) is 1. The fraction of sp³-hybridized carbons (Fsp3) is 0.500. The van der Waals surface area contributed by atoms with Gasteiger partial charge in [-0.05, 0) is 36.5 Å². The molecule has 3 heterocycles. The molecule has 2 aromatic heterocycles. The largest absolute Gasteiger partial charge is 0.241 e. The van der Waals surface area contributed by atoms with E-state index in [0.717, 1.165) is 11.1 Å². The second kappa shape index (κ2) is 6.21. The minimum absolute atomic E-state index is 0.0461. The van der Waals surface area contributed by atoms with Crippen molar-refractivity contribution in [3.63, 3.8) is 0 Å². The van der Waals surface area contributed by atoms with E-state index >= 15 is 0 Å². The van der Waals surface area contributed by atoms with E-state index in [1.807, 2.05) is 18.2 Å². The highest BCUT2D eigenvalue weighted by Gasteiger charge is 2.28. The molecule has 0 bridgehead atoms. The fourth-order valence-corrected chi connectivity index (χ4v) is 5.92. The number of nitrogens with zero attached hydrogens (tertiary/aromatic N) is 2. The van der Waals surface area contributed by atoms with E-state index in [1.54, 1.807) is 16.9 Å². The summed E-state index contributed by atoms with van der Waals surface area (Å²) in [5, 5.41) is 4.11. The summed E-state index contributed by atoms with van der Waals surface area (Å²) in [6.07, 6.45) is 4.40. The number of pyridine rings is 1. The highest BCUT2D eigenvalue weighted by molar-refractivity contribution is 7.91. The van der Waals surface area contributed by atoms with Crippen LogP contribution in [0.2, 0.25) is 0 Å². The number of fused-ring (bicyclic) bond motifs is 1. The van der Waals surface area contributed by atoms with Crippen LogP contribution in [0.3, 0.4) is 0 Å². The maximum atomic E-state index is 12.1. The van der Waals surface area contributed by atoms with Gasteiger partial charge >= 0.3 is 0 Å². The number of hydrogen-bond donors (Lipinski definition) is 1. The van der Waals surface area contributed by atoms with Gasteiger partial charge in [-0.2, -0.15) is 5.10 Å². The molecule has 0 aromatic carbocycles. The van der Waals surface area contributed by atoms with E-state index in [1.165, 1.54) is 0 Å². The van der Waals surface area contributed by atoms with Crippen LogP contribution in [0.25, 0.3) is 5.52 Å². The summed E-state index contributed by atoms with van der Waals surface area (Å²) in [5.41, 5.74) is 1.70. The van der Waals surface area contributed by atoms with Crippen LogP contribution in [0, 0.1) is 5.92 Å². The minimum atomic E-state index is -3.43. The van der Waals surface area contributed by atoms with Gasteiger partial charge < -0.3 is 0 Å². The smallest absolute Gasteiger partial charge is 0.211 e. The second-order valence-corrected chi connectivity index (χ2v) is 10.0. The second-order valence-electron chi connectivity index (χ2n) is 5.89. The molecule has 0 aliphatic carbocycles. The van der Waals surface area contributed by atoms with Crippen LogP contribution >= 0.6 is 0 Å². The lowest BCUT2D eigenvalue weighted by molar-refractivity contribution is 0.544. The van der Waals surface area contributed by atoms with Gasteiger partial charge in [0.05, 0.1) is 22.8 Å². The SMILES string of the molecule is O=S1(=O)CCC(CCS(=O)(=O)NCc2cccn3nccc23)C1. The van der Waals surface area contributed by atoms with Gasteiger partial charge in [0.1, 0.15) is 0 Å². The highest BCUT2D eigenvalue weighted by Crippen LogP contribution is 2.22. The van der Waals surface area contributed by atoms with Crippen molar-refractivity contribution in [3.05, 3.63) is 36.2 Å². The van der Waals surface area contributed by atoms with Crippen LogP contribution in [0.5, 0.6) is 0 Å². The lowest BCUT2D eigenvalue weighted by atomic mass is 10.1. The molecule has 7 nitrogen and oxygen atoms in total. The summed E-state index contributed by atoms with van der Waals surface area (Å²) in [4.78, 5) is 0. The summed E-state index contributed by atoms with van der Waals surface area (Å²) < 4.78 is 51.3. The van der Waals surface area contributed by atoms with E-state index in [4.69, 9.17) is 0 Å². The van der Waals surface area contributed by atoms with Crippen LogP contribution in [0.15, 0.2) is 30.6 Å². The van der Waals surface area contributed by atoms with E-state index in [0.29, 0.717) is 12.8 Å². The summed E-state index contributed by atoms with van der Waals surface area (Å²) in [6.45, 7) is 0.196. The Hall–Kier alpha value is -1.45. The van der Waals surface area contributed by atoms with E-state index in [2.05, 4.69) is 9.82 Å². The van der Waals surface area contributed by atoms with Crippen LogP contribution in [-0.4, -0.2) is 43.7 Å². The van der Waals surface area contributed by atoms with Crippen LogP contribution in [-0.2, 0) is 26.4 Å². The van der Waals surface area contributed by atoms with Crippen molar-refractivity contribution >= 4 is 25.4 Å². The molecule has 3 rings (SSSR count). The van der Waals surface area contributed by atoms with Crippen molar-refractivity contribution in [2.45, 2.75) is 19.4 Å². The average molecular weight is 357 g/mol. The van der Waals surface area contributed by atoms with Crippen LogP contribution < -0.4 is 4.72 Å². The van der Waals surface area contributed by atoms with Gasteiger partial charge in [-0.1, -0.05) is 6.07 Å². The van der Waals surface area contributed by atoms with Crippen molar-refractivity contribution < 1.29 is 16.8 Å². The van der Waals surface area contributed by atoms with Gasteiger partial charge in [-0.15, -0.1) is 0 Å².